The normalized spacial score (nSPS) is 11.1. The molecule has 0 unspecified atom stereocenters. The molecule has 152 valence electrons. The molecule has 0 aliphatic rings. The highest BCUT2D eigenvalue weighted by atomic mass is 32.1. The molecule has 0 fully saturated rings. The topological polar surface area (TPSA) is 25.8 Å². The number of fused-ring (bicyclic) bond motifs is 2. The maximum atomic E-state index is 4.94. The van der Waals surface area contributed by atoms with E-state index in [-0.39, 0.29) is 0 Å². The summed E-state index contributed by atoms with van der Waals surface area (Å²) >= 11 is 3.43. The van der Waals surface area contributed by atoms with Crippen LogP contribution in [0.15, 0.2) is 103 Å². The van der Waals surface area contributed by atoms with Crippen LogP contribution in [-0.4, -0.2) is 9.97 Å². The summed E-state index contributed by atoms with van der Waals surface area (Å²) in [6.45, 7) is 0. The fourth-order valence-electron chi connectivity index (χ4n) is 3.76. The van der Waals surface area contributed by atoms with Crippen molar-refractivity contribution in [2.75, 3.05) is 0 Å². The average Bonchev–Trinajstić information content (AvgIpc) is 3.47. The SMILES string of the molecule is C(=C(c1nc2ccccc2s1)c1nc2ccccc2s1)c1ccc(-c2ccccc2)cc1. The molecule has 4 heteroatoms. The lowest BCUT2D eigenvalue weighted by Gasteiger charge is -2.04. The highest BCUT2D eigenvalue weighted by Crippen LogP contribution is 2.36. The van der Waals surface area contributed by atoms with Crippen molar-refractivity contribution in [2.45, 2.75) is 0 Å². The number of para-hydroxylation sites is 2. The molecular formula is C28H18N2S2. The summed E-state index contributed by atoms with van der Waals surface area (Å²) in [6, 6.07) is 35.7. The average molecular weight is 447 g/mol. The summed E-state index contributed by atoms with van der Waals surface area (Å²) in [6.07, 6.45) is 2.21. The molecular weight excluding hydrogens is 428 g/mol. The van der Waals surface area contributed by atoms with Crippen molar-refractivity contribution in [2.24, 2.45) is 0 Å². The van der Waals surface area contributed by atoms with E-state index in [1.807, 2.05) is 18.2 Å². The Hall–Kier alpha value is -3.60. The maximum absolute atomic E-state index is 4.94. The lowest BCUT2D eigenvalue weighted by molar-refractivity contribution is 1.39. The van der Waals surface area contributed by atoms with Gasteiger partial charge in [0.2, 0.25) is 0 Å². The van der Waals surface area contributed by atoms with Crippen molar-refractivity contribution < 1.29 is 0 Å². The molecule has 4 aromatic carbocycles. The molecule has 2 aromatic heterocycles. The second-order valence-electron chi connectivity index (χ2n) is 7.52. The fourth-order valence-corrected chi connectivity index (χ4v) is 5.79. The molecule has 0 saturated heterocycles. The molecule has 0 saturated carbocycles. The van der Waals surface area contributed by atoms with Crippen LogP contribution in [0.25, 0.3) is 43.2 Å². The van der Waals surface area contributed by atoms with E-state index >= 15 is 0 Å². The molecule has 6 aromatic rings. The van der Waals surface area contributed by atoms with Crippen LogP contribution in [0.3, 0.4) is 0 Å². The fraction of sp³-hybridized carbons (Fsp3) is 0. The van der Waals surface area contributed by atoms with E-state index in [0.717, 1.165) is 32.2 Å². The van der Waals surface area contributed by atoms with E-state index in [0.29, 0.717) is 0 Å². The molecule has 0 aliphatic heterocycles. The van der Waals surface area contributed by atoms with Gasteiger partial charge in [-0.3, -0.25) is 0 Å². The number of benzene rings is 4. The lowest BCUT2D eigenvalue weighted by atomic mass is 10.0. The van der Waals surface area contributed by atoms with E-state index < -0.39 is 0 Å². The first kappa shape index (κ1) is 19.1. The molecule has 0 N–H and O–H groups in total. The summed E-state index contributed by atoms with van der Waals surface area (Å²) < 4.78 is 2.38. The molecule has 0 bridgehead atoms. The summed E-state index contributed by atoms with van der Waals surface area (Å²) in [5, 5.41) is 2.00. The Morgan fingerprint density at radius 1 is 0.531 bits per heavy atom. The lowest BCUT2D eigenvalue weighted by Crippen LogP contribution is -1.87. The van der Waals surface area contributed by atoms with Crippen molar-refractivity contribution in [3.8, 4) is 11.1 Å². The van der Waals surface area contributed by atoms with Crippen molar-refractivity contribution >= 4 is 54.8 Å². The summed E-state index contributed by atoms with van der Waals surface area (Å²) in [7, 11) is 0. The predicted octanol–water partition coefficient (Wildman–Crippen LogP) is 8.16. The first-order valence-electron chi connectivity index (χ1n) is 10.4. The van der Waals surface area contributed by atoms with E-state index in [9.17, 15) is 0 Å². The third-order valence-corrected chi connectivity index (χ3v) is 7.52. The first-order valence-corrected chi connectivity index (χ1v) is 12.1. The first-order chi connectivity index (χ1) is 15.8. The zero-order valence-corrected chi connectivity index (χ0v) is 18.7. The van der Waals surface area contributed by atoms with Crippen LogP contribution in [0, 0.1) is 0 Å². The summed E-state index contributed by atoms with van der Waals surface area (Å²) in [4.78, 5) is 9.88. The van der Waals surface area contributed by atoms with E-state index in [2.05, 4.69) is 91.0 Å². The monoisotopic (exact) mass is 446 g/mol. The van der Waals surface area contributed by atoms with E-state index in [4.69, 9.17) is 9.97 Å². The molecule has 0 atom stereocenters. The van der Waals surface area contributed by atoms with Crippen LogP contribution in [0.5, 0.6) is 0 Å². The largest absolute Gasteiger partial charge is 0.236 e. The Morgan fingerprint density at radius 2 is 1.03 bits per heavy atom. The van der Waals surface area contributed by atoms with Gasteiger partial charge in [0.15, 0.2) is 0 Å². The Bertz CT molecular complexity index is 1420. The predicted molar refractivity (Wildman–Crippen MR) is 138 cm³/mol. The van der Waals surface area contributed by atoms with Gasteiger partial charge in [-0.2, -0.15) is 0 Å². The van der Waals surface area contributed by atoms with Gasteiger partial charge in [-0.1, -0.05) is 78.9 Å². The molecule has 2 heterocycles. The quantitative estimate of drug-likeness (QED) is 0.273. The van der Waals surface area contributed by atoms with Crippen molar-refractivity contribution in [1.29, 1.82) is 0 Å². The second kappa shape index (κ2) is 8.15. The van der Waals surface area contributed by atoms with Crippen LogP contribution in [0.4, 0.5) is 0 Å². The number of thiazole rings is 2. The maximum Gasteiger partial charge on any atom is 0.127 e. The highest BCUT2D eigenvalue weighted by Gasteiger charge is 2.15. The van der Waals surface area contributed by atoms with Crippen LogP contribution < -0.4 is 0 Å². The number of rotatable bonds is 4. The summed E-state index contributed by atoms with van der Waals surface area (Å²) in [5.41, 5.74) is 6.70. The van der Waals surface area contributed by atoms with Crippen LogP contribution >= 0.6 is 22.7 Å². The Labute approximate surface area is 194 Å². The highest BCUT2D eigenvalue weighted by molar-refractivity contribution is 7.22. The van der Waals surface area contributed by atoms with Crippen molar-refractivity contribution in [3.63, 3.8) is 0 Å². The van der Waals surface area contributed by atoms with Crippen LogP contribution in [0.2, 0.25) is 0 Å². The molecule has 2 nitrogen and oxygen atoms in total. The smallest absolute Gasteiger partial charge is 0.127 e. The standard InChI is InChI=1S/C28H18N2S2/c1-2-8-20(9-3-1)21-16-14-19(15-17-21)18-22(27-29-23-10-4-6-12-25(23)31-27)28-30-24-11-5-7-13-26(24)32-28/h1-18H. The van der Waals surface area contributed by atoms with Crippen LogP contribution in [-0.2, 0) is 0 Å². The van der Waals surface area contributed by atoms with Gasteiger partial charge >= 0.3 is 0 Å². The van der Waals surface area contributed by atoms with Gasteiger partial charge < -0.3 is 0 Å². The van der Waals surface area contributed by atoms with Crippen LogP contribution in [0.1, 0.15) is 15.6 Å². The zero-order valence-electron chi connectivity index (χ0n) is 17.1. The third-order valence-electron chi connectivity index (χ3n) is 5.38. The zero-order chi connectivity index (χ0) is 21.3. The van der Waals surface area contributed by atoms with Gasteiger partial charge in [0, 0.05) is 5.57 Å². The van der Waals surface area contributed by atoms with Gasteiger partial charge in [0.1, 0.15) is 10.0 Å². The van der Waals surface area contributed by atoms with Gasteiger partial charge in [-0.05, 0) is 47.0 Å². The van der Waals surface area contributed by atoms with Gasteiger partial charge in [0.05, 0.1) is 20.4 Å². The number of aromatic nitrogens is 2. The molecule has 0 amide bonds. The molecule has 0 spiro atoms. The molecule has 0 radical (unpaired) electrons. The summed E-state index contributed by atoms with van der Waals surface area (Å²) in [5.74, 6) is 0. The third kappa shape index (κ3) is 3.64. The minimum absolute atomic E-state index is 0.998. The molecule has 6 rings (SSSR count). The molecule has 32 heavy (non-hydrogen) atoms. The number of hydrogen-bond acceptors (Lipinski definition) is 4. The second-order valence-corrected chi connectivity index (χ2v) is 9.58. The van der Waals surface area contributed by atoms with Gasteiger partial charge in [0.25, 0.3) is 0 Å². The van der Waals surface area contributed by atoms with Gasteiger partial charge in [-0.25, -0.2) is 9.97 Å². The van der Waals surface area contributed by atoms with E-state index in [1.54, 1.807) is 22.7 Å². The van der Waals surface area contributed by atoms with E-state index in [1.165, 1.54) is 20.5 Å². The minimum atomic E-state index is 0.998. The van der Waals surface area contributed by atoms with Crippen molar-refractivity contribution in [1.82, 2.24) is 9.97 Å². The molecule has 0 aliphatic carbocycles. The van der Waals surface area contributed by atoms with Gasteiger partial charge in [-0.15, -0.1) is 22.7 Å². The Morgan fingerprint density at radius 3 is 1.59 bits per heavy atom. The Kier molecular flexibility index (Phi) is 4.87. The Balaban J connectivity index is 1.48. The number of hydrogen-bond donors (Lipinski definition) is 0. The van der Waals surface area contributed by atoms with Crippen molar-refractivity contribution in [3.05, 3.63) is 119 Å². The number of nitrogens with zero attached hydrogens (tertiary/aromatic N) is 2. The minimum Gasteiger partial charge on any atom is -0.236 e.